The van der Waals surface area contributed by atoms with Crippen molar-refractivity contribution in [2.75, 3.05) is 12.5 Å². The van der Waals surface area contributed by atoms with Gasteiger partial charge in [-0.2, -0.15) is 0 Å². The monoisotopic (exact) mass is 477 g/mol. The molecular formula is C19H27NO11S. The van der Waals surface area contributed by atoms with Crippen molar-refractivity contribution in [1.82, 2.24) is 5.32 Å². The van der Waals surface area contributed by atoms with Crippen LogP contribution in [0.15, 0.2) is 13.6 Å². The predicted molar refractivity (Wildman–Crippen MR) is 110 cm³/mol. The maximum atomic E-state index is 12.4. The van der Waals surface area contributed by atoms with Gasteiger partial charge in [0.1, 0.15) is 11.6 Å². The summed E-state index contributed by atoms with van der Waals surface area (Å²) in [4.78, 5) is 58.7. The Kier molecular flexibility index (Phi) is 10.3. The molecule has 0 aliphatic carbocycles. The fourth-order valence-electron chi connectivity index (χ4n) is 1.86. The van der Waals surface area contributed by atoms with Crippen LogP contribution in [0.1, 0.15) is 46.1 Å². The van der Waals surface area contributed by atoms with Crippen LogP contribution in [0.25, 0.3) is 0 Å². The number of nitrogens with one attached hydrogen (secondary N) is 1. The summed E-state index contributed by atoms with van der Waals surface area (Å²) in [5.74, 6) is -2.74. The molecule has 0 saturated heterocycles. The molecule has 1 N–H and O–H groups in total. The van der Waals surface area contributed by atoms with Gasteiger partial charge in [-0.25, -0.2) is 19.2 Å². The first kappa shape index (κ1) is 27.1. The van der Waals surface area contributed by atoms with Crippen molar-refractivity contribution in [2.45, 2.75) is 59.8 Å². The molecule has 13 heteroatoms. The summed E-state index contributed by atoms with van der Waals surface area (Å²) in [6.45, 7) is 8.59. The molecule has 1 aromatic heterocycles. The molecule has 1 aromatic rings. The molecule has 180 valence electrons. The van der Waals surface area contributed by atoms with Gasteiger partial charge in [0.05, 0.1) is 5.92 Å². The van der Waals surface area contributed by atoms with Crippen molar-refractivity contribution in [3.63, 3.8) is 0 Å². The molecule has 0 unspecified atom stereocenters. The van der Waals surface area contributed by atoms with E-state index in [-0.39, 0.29) is 23.9 Å². The molecule has 0 aromatic carbocycles. The third-order valence-electron chi connectivity index (χ3n) is 3.37. The van der Waals surface area contributed by atoms with Crippen LogP contribution in [0.4, 0.5) is 9.59 Å². The SMILES string of the molecule is Cc1oc(=O)oc1COC(=O)SC[C@H](NC(=O)OCOC(=O)C(C)C)C(=O)OC(C)(C)C. The lowest BCUT2D eigenvalue weighted by Crippen LogP contribution is -2.46. The summed E-state index contributed by atoms with van der Waals surface area (Å²) >= 11 is 0.577. The fraction of sp³-hybridized carbons (Fsp3) is 0.632. The van der Waals surface area contributed by atoms with E-state index < -0.39 is 53.5 Å². The predicted octanol–water partition coefficient (Wildman–Crippen LogP) is 2.50. The van der Waals surface area contributed by atoms with Crippen LogP contribution in [-0.4, -0.2) is 47.5 Å². The van der Waals surface area contributed by atoms with Gasteiger partial charge in [-0.1, -0.05) is 13.8 Å². The van der Waals surface area contributed by atoms with Crippen LogP contribution >= 0.6 is 11.8 Å². The molecule has 0 bridgehead atoms. The number of hydrogen-bond donors (Lipinski definition) is 1. The molecule has 0 fully saturated rings. The lowest BCUT2D eigenvalue weighted by molar-refractivity contribution is -0.158. The van der Waals surface area contributed by atoms with Gasteiger partial charge in [0.25, 0.3) is 0 Å². The van der Waals surface area contributed by atoms with Gasteiger partial charge < -0.3 is 33.1 Å². The van der Waals surface area contributed by atoms with Gasteiger partial charge in [-0.3, -0.25) is 4.79 Å². The van der Waals surface area contributed by atoms with Crippen LogP contribution in [0.5, 0.6) is 0 Å². The van der Waals surface area contributed by atoms with Crippen molar-refractivity contribution in [1.29, 1.82) is 0 Å². The first-order valence-electron chi connectivity index (χ1n) is 9.50. The molecule has 0 radical (unpaired) electrons. The third kappa shape index (κ3) is 10.4. The Morgan fingerprint density at radius 2 is 1.69 bits per heavy atom. The second-order valence-electron chi connectivity index (χ2n) is 7.68. The van der Waals surface area contributed by atoms with Crippen LogP contribution in [0.2, 0.25) is 0 Å². The zero-order valence-electron chi connectivity index (χ0n) is 18.7. The molecule has 0 spiro atoms. The zero-order chi connectivity index (χ0) is 24.5. The lowest BCUT2D eigenvalue weighted by atomic mass is 10.2. The number of carbonyl (C=O) groups is 4. The number of aryl methyl sites for hydroxylation is 1. The molecule has 0 aliphatic heterocycles. The lowest BCUT2D eigenvalue weighted by Gasteiger charge is -2.24. The molecule has 1 rings (SSSR count). The van der Waals surface area contributed by atoms with E-state index in [4.69, 9.17) is 23.4 Å². The number of thioether (sulfide) groups is 1. The maximum absolute atomic E-state index is 12.4. The Balaban J connectivity index is 2.62. The smallest absolute Gasteiger partial charge is 0.458 e. The van der Waals surface area contributed by atoms with Crippen molar-refractivity contribution in [2.24, 2.45) is 5.92 Å². The van der Waals surface area contributed by atoms with Gasteiger partial charge in [0.2, 0.25) is 6.79 Å². The van der Waals surface area contributed by atoms with E-state index >= 15 is 0 Å². The summed E-state index contributed by atoms with van der Waals surface area (Å²) in [6.07, 6.45) is -1.05. The van der Waals surface area contributed by atoms with E-state index in [2.05, 4.69) is 9.73 Å². The minimum Gasteiger partial charge on any atom is -0.458 e. The quantitative estimate of drug-likeness (QED) is 0.315. The van der Waals surface area contributed by atoms with Gasteiger partial charge in [-0.15, -0.1) is 0 Å². The van der Waals surface area contributed by atoms with E-state index in [0.717, 1.165) is 0 Å². The number of esters is 2. The topological polar surface area (TPSA) is 161 Å². The Morgan fingerprint density at radius 3 is 2.22 bits per heavy atom. The number of alkyl carbamates (subject to hydrolysis) is 1. The van der Waals surface area contributed by atoms with E-state index in [0.29, 0.717) is 11.8 Å². The Labute approximate surface area is 188 Å². The number of hydrogen-bond acceptors (Lipinski definition) is 12. The molecule has 1 atom stereocenters. The average molecular weight is 477 g/mol. The van der Waals surface area contributed by atoms with Crippen molar-refractivity contribution in [3.8, 4) is 0 Å². The van der Waals surface area contributed by atoms with Crippen LogP contribution < -0.4 is 11.1 Å². The summed E-state index contributed by atoms with van der Waals surface area (Å²) in [7, 11) is 0. The Morgan fingerprint density at radius 1 is 1.03 bits per heavy atom. The van der Waals surface area contributed by atoms with Crippen LogP contribution in [-0.2, 0) is 35.1 Å². The molecular weight excluding hydrogens is 450 g/mol. The van der Waals surface area contributed by atoms with Gasteiger partial charge >= 0.3 is 29.2 Å². The fourth-order valence-corrected chi connectivity index (χ4v) is 2.52. The highest BCUT2D eigenvalue weighted by Gasteiger charge is 2.28. The minimum absolute atomic E-state index is 0.0466. The molecule has 1 amide bonds. The Bertz CT molecular complexity index is 865. The van der Waals surface area contributed by atoms with Gasteiger partial charge in [0, 0.05) is 5.75 Å². The molecule has 0 saturated carbocycles. The van der Waals surface area contributed by atoms with E-state index in [1.54, 1.807) is 34.6 Å². The van der Waals surface area contributed by atoms with E-state index in [9.17, 15) is 24.0 Å². The molecule has 12 nitrogen and oxygen atoms in total. The second kappa shape index (κ2) is 12.2. The maximum Gasteiger partial charge on any atom is 0.519 e. The first-order valence-corrected chi connectivity index (χ1v) is 10.5. The molecule has 32 heavy (non-hydrogen) atoms. The third-order valence-corrected chi connectivity index (χ3v) is 4.22. The zero-order valence-corrected chi connectivity index (χ0v) is 19.5. The highest BCUT2D eigenvalue weighted by Crippen LogP contribution is 2.15. The summed E-state index contributed by atoms with van der Waals surface area (Å²) < 4.78 is 29.0. The average Bonchev–Trinajstić information content (AvgIpc) is 2.98. The molecule has 0 aliphatic rings. The summed E-state index contributed by atoms with van der Waals surface area (Å²) in [5, 5.41) is 1.45. The Hall–Kier alpha value is -2.96. The minimum atomic E-state index is -1.27. The largest absolute Gasteiger partial charge is 0.519 e. The highest BCUT2D eigenvalue weighted by molar-refractivity contribution is 8.13. The van der Waals surface area contributed by atoms with Gasteiger partial charge in [0.15, 0.2) is 18.1 Å². The number of rotatable bonds is 9. The summed E-state index contributed by atoms with van der Waals surface area (Å²) in [5.41, 5.74) is -0.852. The van der Waals surface area contributed by atoms with Crippen molar-refractivity contribution >= 4 is 35.1 Å². The molecule has 1 heterocycles. The standard InChI is InChI=1S/C19H27NO11S/c1-10(2)14(21)27-9-28-16(23)20-12(15(22)31-19(4,5)6)8-32-18(25)26-7-13-11(3)29-17(24)30-13/h10,12H,7-9H2,1-6H3,(H,20,23)/t12-/m0/s1. The normalized spacial score (nSPS) is 12.1. The van der Waals surface area contributed by atoms with Crippen molar-refractivity contribution in [3.05, 3.63) is 22.1 Å². The number of ether oxygens (including phenoxy) is 4. The van der Waals surface area contributed by atoms with Crippen LogP contribution in [0, 0.1) is 12.8 Å². The van der Waals surface area contributed by atoms with E-state index in [1.807, 2.05) is 0 Å². The summed E-state index contributed by atoms with van der Waals surface area (Å²) in [6, 6.07) is -1.27. The highest BCUT2D eigenvalue weighted by atomic mass is 32.2. The first-order chi connectivity index (χ1) is 14.8. The van der Waals surface area contributed by atoms with E-state index in [1.165, 1.54) is 6.92 Å². The van der Waals surface area contributed by atoms with Crippen molar-refractivity contribution < 1.29 is 47.0 Å². The second-order valence-corrected chi connectivity index (χ2v) is 8.64. The van der Waals surface area contributed by atoms with Gasteiger partial charge in [-0.05, 0) is 39.5 Å². The number of carbonyl (C=O) groups excluding carboxylic acids is 4. The number of amides is 1. The van der Waals surface area contributed by atoms with Crippen LogP contribution in [0.3, 0.4) is 0 Å².